The third-order valence-corrected chi connectivity index (χ3v) is 4.28. The van der Waals surface area contributed by atoms with Crippen LogP contribution in [0.4, 0.5) is 5.69 Å². The van der Waals surface area contributed by atoms with E-state index in [1.165, 1.54) is 19.4 Å². The molecule has 2 fully saturated rings. The Morgan fingerprint density at radius 3 is 2.65 bits per heavy atom. The number of hydrogen-bond acceptors (Lipinski definition) is 3. The number of hydrogen-bond donors (Lipinski definition) is 2. The maximum Gasteiger partial charge on any atom is 0.251 e. The molecule has 3 N–H and O–H groups in total. The molecule has 2 aliphatic rings. The summed E-state index contributed by atoms with van der Waals surface area (Å²) in [5.74, 6) is 0.950. The van der Waals surface area contributed by atoms with Gasteiger partial charge in [0.25, 0.3) is 5.91 Å². The molecule has 1 saturated carbocycles. The number of anilines is 1. The molecule has 20 heavy (non-hydrogen) atoms. The van der Waals surface area contributed by atoms with Crippen molar-refractivity contribution in [3.8, 4) is 0 Å². The summed E-state index contributed by atoms with van der Waals surface area (Å²) in [5.41, 5.74) is 7.01. The van der Waals surface area contributed by atoms with E-state index in [1.54, 1.807) is 12.1 Å². The Kier molecular flexibility index (Phi) is 3.92. The van der Waals surface area contributed by atoms with Crippen molar-refractivity contribution in [2.45, 2.75) is 31.7 Å². The molecule has 1 aliphatic heterocycles. The highest BCUT2D eigenvalue weighted by atomic mass is 16.1. The number of amides is 1. The molecule has 0 atom stereocenters. The molecule has 4 nitrogen and oxygen atoms in total. The van der Waals surface area contributed by atoms with E-state index in [0.29, 0.717) is 17.3 Å². The summed E-state index contributed by atoms with van der Waals surface area (Å²) in [6.07, 6.45) is 4.93. The SMILES string of the molecule is Nc1cccc(C(=O)NC2CCN(CC3CC3)CC2)c1. The van der Waals surface area contributed by atoms with Crippen LogP contribution in [0.15, 0.2) is 24.3 Å². The zero-order valence-corrected chi connectivity index (χ0v) is 11.8. The summed E-state index contributed by atoms with van der Waals surface area (Å²) < 4.78 is 0. The Balaban J connectivity index is 1.47. The molecular formula is C16H23N3O. The van der Waals surface area contributed by atoms with Crippen LogP contribution >= 0.6 is 0 Å². The molecule has 0 unspecified atom stereocenters. The molecule has 1 aliphatic carbocycles. The molecule has 1 heterocycles. The first-order chi connectivity index (χ1) is 9.70. The lowest BCUT2D eigenvalue weighted by molar-refractivity contribution is 0.0909. The molecular weight excluding hydrogens is 250 g/mol. The van der Waals surface area contributed by atoms with Gasteiger partial charge in [0.2, 0.25) is 0 Å². The van der Waals surface area contributed by atoms with E-state index in [1.807, 2.05) is 12.1 Å². The Hall–Kier alpha value is -1.55. The summed E-state index contributed by atoms with van der Waals surface area (Å²) in [5, 5.41) is 3.13. The van der Waals surface area contributed by atoms with Gasteiger partial charge in [0.15, 0.2) is 0 Å². The monoisotopic (exact) mass is 273 g/mol. The lowest BCUT2D eigenvalue weighted by Crippen LogP contribution is -2.45. The fourth-order valence-corrected chi connectivity index (χ4v) is 2.87. The van der Waals surface area contributed by atoms with Crippen LogP contribution in [0, 0.1) is 5.92 Å². The van der Waals surface area contributed by atoms with Crippen LogP contribution < -0.4 is 11.1 Å². The Morgan fingerprint density at radius 2 is 2.00 bits per heavy atom. The number of likely N-dealkylation sites (tertiary alicyclic amines) is 1. The van der Waals surface area contributed by atoms with Gasteiger partial charge in [-0.25, -0.2) is 0 Å². The zero-order valence-electron chi connectivity index (χ0n) is 11.8. The van der Waals surface area contributed by atoms with Crippen LogP contribution in [0.25, 0.3) is 0 Å². The number of carbonyl (C=O) groups excluding carboxylic acids is 1. The van der Waals surface area contributed by atoms with Crippen LogP contribution in [0.1, 0.15) is 36.0 Å². The third kappa shape index (κ3) is 3.51. The second-order valence-corrected chi connectivity index (χ2v) is 6.12. The lowest BCUT2D eigenvalue weighted by atomic mass is 10.0. The number of piperidine rings is 1. The molecule has 1 aromatic carbocycles. The van der Waals surface area contributed by atoms with E-state index < -0.39 is 0 Å². The van der Waals surface area contributed by atoms with Crippen molar-refractivity contribution in [1.29, 1.82) is 0 Å². The number of nitrogens with one attached hydrogen (secondary N) is 1. The highest BCUT2D eigenvalue weighted by Gasteiger charge is 2.27. The van der Waals surface area contributed by atoms with Gasteiger partial charge in [-0.3, -0.25) is 4.79 Å². The highest BCUT2D eigenvalue weighted by Crippen LogP contribution is 2.30. The lowest BCUT2D eigenvalue weighted by Gasteiger charge is -2.32. The number of benzene rings is 1. The number of nitrogen functional groups attached to an aromatic ring is 1. The molecule has 3 rings (SSSR count). The molecule has 4 heteroatoms. The van der Waals surface area contributed by atoms with Gasteiger partial charge < -0.3 is 16.0 Å². The van der Waals surface area contributed by atoms with Crippen LogP contribution in [-0.2, 0) is 0 Å². The van der Waals surface area contributed by atoms with Crippen molar-refractivity contribution in [3.05, 3.63) is 29.8 Å². The van der Waals surface area contributed by atoms with E-state index in [9.17, 15) is 4.79 Å². The number of nitrogens with two attached hydrogens (primary N) is 1. The summed E-state index contributed by atoms with van der Waals surface area (Å²) in [4.78, 5) is 14.7. The van der Waals surface area contributed by atoms with Gasteiger partial charge in [-0.2, -0.15) is 0 Å². The fourth-order valence-electron chi connectivity index (χ4n) is 2.87. The zero-order chi connectivity index (χ0) is 13.9. The predicted octanol–water partition coefficient (Wildman–Crippen LogP) is 1.87. The predicted molar refractivity (Wildman–Crippen MR) is 80.5 cm³/mol. The smallest absolute Gasteiger partial charge is 0.251 e. The molecule has 1 amide bonds. The summed E-state index contributed by atoms with van der Waals surface area (Å²) in [6, 6.07) is 7.47. The van der Waals surface area contributed by atoms with Crippen molar-refractivity contribution < 1.29 is 4.79 Å². The van der Waals surface area contributed by atoms with E-state index >= 15 is 0 Å². The molecule has 0 spiro atoms. The molecule has 0 bridgehead atoms. The van der Waals surface area contributed by atoms with Gasteiger partial charge in [-0.05, 0) is 49.8 Å². The first kappa shape index (κ1) is 13.4. The van der Waals surface area contributed by atoms with Gasteiger partial charge >= 0.3 is 0 Å². The highest BCUT2D eigenvalue weighted by molar-refractivity contribution is 5.95. The third-order valence-electron chi connectivity index (χ3n) is 4.28. The number of nitrogens with zero attached hydrogens (tertiary/aromatic N) is 1. The average Bonchev–Trinajstić information content (AvgIpc) is 3.25. The van der Waals surface area contributed by atoms with E-state index in [-0.39, 0.29) is 5.91 Å². The molecule has 1 aromatic rings. The normalized spacial score (nSPS) is 20.8. The molecule has 108 valence electrons. The Bertz CT molecular complexity index is 476. The molecule has 1 saturated heterocycles. The first-order valence-corrected chi connectivity index (χ1v) is 7.59. The second-order valence-electron chi connectivity index (χ2n) is 6.12. The van der Waals surface area contributed by atoms with Gasteiger partial charge in [0.1, 0.15) is 0 Å². The minimum atomic E-state index is -0.00190. The maximum absolute atomic E-state index is 12.2. The van der Waals surface area contributed by atoms with Gasteiger partial charge in [-0.15, -0.1) is 0 Å². The van der Waals surface area contributed by atoms with Gasteiger partial charge in [-0.1, -0.05) is 6.07 Å². The number of rotatable bonds is 4. The fraction of sp³-hybridized carbons (Fsp3) is 0.562. The van der Waals surface area contributed by atoms with Crippen molar-refractivity contribution in [2.75, 3.05) is 25.4 Å². The van der Waals surface area contributed by atoms with Crippen LogP contribution in [-0.4, -0.2) is 36.5 Å². The van der Waals surface area contributed by atoms with Crippen LogP contribution in [0.5, 0.6) is 0 Å². The number of carbonyl (C=O) groups is 1. The molecule has 0 aromatic heterocycles. The van der Waals surface area contributed by atoms with E-state index in [2.05, 4.69) is 10.2 Å². The maximum atomic E-state index is 12.2. The minimum Gasteiger partial charge on any atom is -0.399 e. The van der Waals surface area contributed by atoms with Crippen molar-refractivity contribution in [3.63, 3.8) is 0 Å². The Labute approximate surface area is 120 Å². The average molecular weight is 273 g/mol. The largest absolute Gasteiger partial charge is 0.399 e. The van der Waals surface area contributed by atoms with Crippen LogP contribution in [0.2, 0.25) is 0 Å². The van der Waals surface area contributed by atoms with Crippen molar-refractivity contribution in [2.24, 2.45) is 5.92 Å². The standard InChI is InChI=1S/C16H23N3O/c17-14-3-1-2-13(10-14)16(20)18-15-6-8-19(9-7-15)11-12-4-5-12/h1-3,10,12,15H,4-9,11,17H2,(H,18,20). The van der Waals surface area contributed by atoms with Gasteiger partial charge in [0.05, 0.1) is 0 Å². The van der Waals surface area contributed by atoms with E-state index in [0.717, 1.165) is 31.8 Å². The summed E-state index contributed by atoms with van der Waals surface area (Å²) in [7, 11) is 0. The van der Waals surface area contributed by atoms with Gasteiger partial charge in [0, 0.05) is 36.9 Å². The molecule has 0 radical (unpaired) electrons. The Morgan fingerprint density at radius 1 is 1.25 bits per heavy atom. The van der Waals surface area contributed by atoms with Crippen molar-refractivity contribution in [1.82, 2.24) is 10.2 Å². The topological polar surface area (TPSA) is 58.4 Å². The minimum absolute atomic E-state index is 0.00190. The second kappa shape index (κ2) is 5.83. The van der Waals surface area contributed by atoms with E-state index in [4.69, 9.17) is 5.73 Å². The van der Waals surface area contributed by atoms with Crippen molar-refractivity contribution >= 4 is 11.6 Å². The first-order valence-electron chi connectivity index (χ1n) is 7.59. The summed E-state index contributed by atoms with van der Waals surface area (Å²) >= 11 is 0. The summed E-state index contributed by atoms with van der Waals surface area (Å²) in [6.45, 7) is 3.48. The quantitative estimate of drug-likeness (QED) is 0.823. The van der Waals surface area contributed by atoms with Crippen LogP contribution in [0.3, 0.4) is 0 Å².